The van der Waals surface area contributed by atoms with E-state index in [4.69, 9.17) is 6.42 Å². The van der Waals surface area contributed by atoms with Gasteiger partial charge in [-0.1, -0.05) is 0 Å². The zero-order chi connectivity index (χ0) is 16.8. The molecule has 1 aromatic rings. The Morgan fingerprint density at radius 3 is 2.65 bits per heavy atom. The molecule has 0 saturated carbocycles. The number of methoxy groups -OCH3 is 1. The summed E-state index contributed by atoms with van der Waals surface area (Å²) in [6.07, 6.45) is 7.68. The van der Waals surface area contributed by atoms with Gasteiger partial charge in [-0.25, -0.2) is 9.80 Å². The number of terminal acetylenes is 1. The van der Waals surface area contributed by atoms with Gasteiger partial charge in [0.15, 0.2) is 0 Å². The fraction of sp³-hybridized carbons (Fsp3) is 0.375. The van der Waals surface area contributed by atoms with Crippen LogP contribution >= 0.6 is 0 Å². The minimum absolute atomic E-state index is 0.161. The Balaban J connectivity index is 2.11. The number of hydrazine groups is 1. The van der Waals surface area contributed by atoms with Gasteiger partial charge in [-0.15, -0.1) is 12.3 Å². The summed E-state index contributed by atoms with van der Waals surface area (Å²) in [7, 11) is 1.27. The number of esters is 1. The summed E-state index contributed by atoms with van der Waals surface area (Å²) < 4.78 is 4.58. The first kappa shape index (κ1) is 16.5. The summed E-state index contributed by atoms with van der Waals surface area (Å²) in [6.45, 7) is 0.927. The predicted molar refractivity (Wildman–Crippen MR) is 81.0 cm³/mol. The Labute approximate surface area is 134 Å². The maximum Gasteiger partial charge on any atom is 0.339 e. The first-order chi connectivity index (χ1) is 11.1. The van der Waals surface area contributed by atoms with Gasteiger partial charge >= 0.3 is 5.97 Å². The highest BCUT2D eigenvalue weighted by Crippen LogP contribution is 2.16. The molecule has 0 aromatic carbocycles. The summed E-state index contributed by atoms with van der Waals surface area (Å²) in [5.74, 6) is 1.33. The van der Waals surface area contributed by atoms with E-state index in [1.165, 1.54) is 35.5 Å². The van der Waals surface area contributed by atoms with Crippen molar-refractivity contribution in [3.8, 4) is 12.3 Å². The van der Waals surface area contributed by atoms with Crippen LogP contribution in [0.2, 0.25) is 0 Å². The number of hydrogen-bond donors (Lipinski definition) is 0. The third kappa shape index (κ3) is 3.66. The summed E-state index contributed by atoms with van der Waals surface area (Å²) in [4.78, 5) is 39.9. The minimum Gasteiger partial charge on any atom is -0.465 e. The molecule has 120 valence electrons. The molecule has 7 heteroatoms. The lowest BCUT2D eigenvalue weighted by atomic mass is 10.2. The number of carbonyl (C=O) groups is 3. The van der Waals surface area contributed by atoms with Crippen LogP contribution in [0.3, 0.4) is 0 Å². The van der Waals surface area contributed by atoms with Crippen molar-refractivity contribution in [2.45, 2.75) is 19.3 Å². The van der Waals surface area contributed by atoms with Crippen molar-refractivity contribution in [1.29, 1.82) is 0 Å². The number of pyridine rings is 1. The second kappa shape index (κ2) is 7.40. The van der Waals surface area contributed by atoms with E-state index < -0.39 is 5.97 Å². The fourth-order valence-electron chi connectivity index (χ4n) is 2.28. The normalized spacial score (nSPS) is 13.6. The Morgan fingerprint density at radius 2 is 2.04 bits per heavy atom. The molecule has 0 spiro atoms. The van der Waals surface area contributed by atoms with Crippen LogP contribution in [-0.4, -0.2) is 53.0 Å². The predicted octanol–water partition coefficient (Wildman–Crippen LogP) is 0.871. The topological polar surface area (TPSA) is 79.8 Å². The van der Waals surface area contributed by atoms with Crippen LogP contribution < -0.4 is 0 Å². The van der Waals surface area contributed by atoms with Crippen LogP contribution in [0.25, 0.3) is 0 Å². The van der Waals surface area contributed by atoms with Gasteiger partial charge in [-0.3, -0.25) is 19.6 Å². The van der Waals surface area contributed by atoms with Crippen LogP contribution in [0.1, 0.15) is 40.1 Å². The van der Waals surface area contributed by atoms with E-state index in [2.05, 4.69) is 15.6 Å². The molecule has 0 bridgehead atoms. The van der Waals surface area contributed by atoms with Gasteiger partial charge in [0.1, 0.15) is 5.69 Å². The van der Waals surface area contributed by atoms with Crippen LogP contribution in [0, 0.1) is 12.3 Å². The second-order valence-electron chi connectivity index (χ2n) is 4.93. The van der Waals surface area contributed by atoms with Gasteiger partial charge in [0.25, 0.3) is 5.91 Å². The smallest absolute Gasteiger partial charge is 0.339 e. The highest BCUT2D eigenvalue weighted by molar-refractivity contribution is 5.95. The lowest BCUT2D eigenvalue weighted by Gasteiger charge is -2.27. The number of rotatable bonds is 4. The molecule has 0 atom stereocenters. The third-order valence-electron chi connectivity index (χ3n) is 3.44. The van der Waals surface area contributed by atoms with Crippen molar-refractivity contribution >= 4 is 17.8 Å². The number of amides is 2. The molecule has 7 nitrogen and oxygen atoms in total. The Bertz CT molecular complexity index is 648. The van der Waals surface area contributed by atoms with E-state index in [1.807, 2.05) is 0 Å². The number of nitrogens with zero attached hydrogens (tertiary/aromatic N) is 3. The second-order valence-corrected chi connectivity index (χ2v) is 4.93. The molecule has 1 fully saturated rings. The van der Waals surface area contributed by atoms with Gasteiger partial charge in [-0.05, 0) is 18.6 Å². The zero-order valence-electron chi connectivity index (χ0n) is 12.8. The summed E-state index contributed by atoms with van der Waals surface area (Å²) in [5, 5.41) is 2.79. The van der Waals surface area contributed by atoms with Crippen molar-refractivity contribution in [1.82, 2.24) is 15.0 Å². The molecule has 0 unspecified atom stereocenters. The van der Waals surface area contributed by atoms with Gasteiger partial charge < -0.3 is 4.74 Å². The van der Waals surface area contributed by atoms with E-state index in [1.54, 1.807) is 0 Å². The Hall–Kier alpha value is -2.88. The summed E-state index contributed by atoms with van der Waals surface area (Å²) in [6, 6.07) is 2.91. The summed E-state index contributed by atoms with van der Waals surface area (Å²) in [5.41, 5.74) is 0.418. The Kier molecular flexibility index (Phi) is 5.31. The van der Waals surface area contributed by atoms with Crippen molar-refractivity contribution in [2.24, 2.45) is 0 Å². The maximum absolute atomic E-state index is 12.5. The first-order valence-corrected chi connectivity index (χ1v) is 7.18. The van der Waals surface area contributed by atoms with E-state index in [-0.39, 0.29) is 29.5 Å². The molecule has 2 heterocycles. The van der Waals surface area contributed by atoms with Crippen molar-refractivity contribution in [3.05, 3.63) is 29.6 Å². The lowest BCUT2D eigenvalue weighted by molar-refractivity contribution is -0.140. The van der Waals surface area contributed by atoms with Crippen molar-refractivity contribution in [3.63, 3.8) is 0 Å². The van der Waals surface area contributed by atoms with Crippen LogP contribution in [0.5, 0.6) is 0 Å². The van der Waals surface area contributed by atoms with Gasteiger partial charge in [0.2, 0.25) is 5.91 Å². The van der Waals surface area contributed by atoms with Crippen molar-refractivity contribution < 1.29 is 19.1 Å². The molecular weight excluding hydrogens is 298 g/mol. The standard InChI is InChI=1S/C16H17N3O4/c1-3-4-6-14(20)18-9-5-10-19(18)15(21)13-8-7-12(11-17-13)16(22)23-2/h1,7-8,11H,4-6,9-10H2,2H3. The number of ether oxygens (including phenoxy) is 1. The molecular formula is C16H17N3O4. The largest absolute Gasteiger partial charge is 0.465 e. The monoisotopic (exact) mass is 315 g/mol. The van der Waals surface area contributed by atoms with E-state index >= 15 is 0 Å². The third-order valence-corrected chi connectivity index (χ3v) is 3.44. The molecule has 2 rings (SSSR count). The molecule has 1 saturated heterocycles. The molecule has 2 amide bonds. The molecule has 1 aromatic heterocycles. The minimum atomic E-state index is -0.524. The number of aromatic nitrogens is 1. The molecule has 0 N–H and O–H groups in total. The Morgan fingerprint density at radius 1 is 1.30 bits per heavy atom. The average molecular weight is 315 g/mol. The van der Waals surface area contributed by atoms with Crippen molar-refractivity contribution in [2.75, 3.05) is 20.2 Å². The van der Waals surface area contributed by atoms with Gasteiger partial charge in [0.05, 0.1) is 12.7 Å². The quantitative estimate of drug-likeness (QED) is 0.608. The van der Waals surface area contributed by atoms with E-state index in [0.717, 1.165) is 0 Å². The first-order valence-electron chi connectivity index (χ1n) is 7.18. The van der Waals surface area contributed by atoms with Crippen LogP contribution in [-0.2, 0) is 9.53 Å². The average Bonchev–Trinajstić information content (AvgIpc) is 3.08. The zero-order valence-corrected chi connectivity index (χ0v) is 12.8. The van der Waals surface area contributed by atoms with Crippen LogP contribution in [0.4, 0.5) is 0 Å². The molecule has 0 aliphatic carbocycles. The summed E-state index contributed by atoms with van der Waals surface area (Å²) >= 11 is 0. The van der Waals surface area contributed by atoms with E-state index in [0.29, 0.717) is 25.9 Å². The van der Waals surface area contributed by atoms with Gasteiger partial charge in [-0.2, -0.15) is 0 Å². The van der Waals surface area contributed by atoms with Gasteiger partial charge in [0, 0.05) is 32.1 Å². The molecule has 0 radical (unpaired) electrons. The van der Waals surface area contributed by atoms with E-state index in [9.17, 15) is 14.4 Å². The highest BCUT2D eigenvalue weighted by atomic mass is 16.5. The lowest BCUT2D eigenvalue weighted by Crippen LogP contribution is -2.45. The number of carbonyl (C=O) groups excluding carboxylic acids is 3. The molecule has 1 aliphatic rings. The SMILES string of the molecule is C#CCCC(=O)N1CCCN1C(=O)c1ccc(C(=O)OC)cn1. The maximum atomic E-state index is 12.5. The number of hydrogen-bond acceptors (Lipinski definition) is 5. The highest BCUT2D eigenvalue weighted by Gasteiger charge is 2.31. The van der Waals surface area contributed by atoms with Crippen LogP contribution in [0.15, 0.2) is 18.3 Å². The fourth-order valence-corrected chi connectivity index (χ4v) is 2.28. The molecule has 23 heavy (non-hydrogen) atoms. The molecule has 1 aliphatic heterocycles.